The highest BCUT2D eigenvalue weighted by Crippen LogP contribution is 2.45. The molecule has 1 aliphatic rings. The number of benzene rings is 2. The summed E-state index contributed by atoms with van der Waals surface area (Å²) in [7, 11) is 0. The second-order valence-corrected chi connectivity index (χ2v) is 6.46. The van der Waals surface area contributed by atoms with Crippen molar-refractivity contribution < 1.29 is 0 Å². The molecule has 5 rings (SSSR count). The number of hydrogen-bond acceptors (Lipinski definition) is 2. The number of nitrogens with zero attached hydrogens (tertiary/aromatic N) is 2. The lowest BCUT2D eigenvalue weighted by Crippen LogP contribution is -1.87. The van der Waals surface area contributed by atoms with Crippen molar-refractivity contribution in [2.75, 3.05) is 0 Å². The third-order valence-electron chi connectivity index (χ3n) is 4.75. The first-order valence-corrected chi connectivity index (χ1v) is 8.43. The van der Waals surface area contributed by atoms with Gasteiger partial charge in [0.25, 0.3) is 0 Å². The Morgan fingerprint density at radius 1 is 0.800 bits per heavy atom. The van der Waals surface area contributed by atoms with Crippen LogP contribution in [0.15, 0.2) is 73.1 Å². The zero-order valence-electron chi connectivity index (χ0n) is 13.9. The predicted octanol–water partition coefficient (Wildman–Crippen LogP) is 5.51. The first kappa shape index (κ1) is 14.1. The molecule has 0 fully saturated rings. The molecule has 1 aliphatic carbocycles. The van der Waals surface area contributed by atoms with Crippen LogP contribution in [-0.2, 0) is 0 Å². The Bertz CT molecular complexity index is 1140. The summed E-state index contributed by atoms with van der Waals surface area (Å²) in [5.41, 5.74) is 9.44. The van der Waals surface area contributed by atoms with Gasteiger partial charge in [-0.15, -0.1) is 0 Å². The van der Waals surface area contributed by atoms with Gasteiger partial charge in [0, 0.05) is 28.9 Å². The lowest BCUT2D eigenvalue weighted by Gasteiger charge is -2.05. The first-order chi connectivity index (χ1) is 12.3. The lowest BCUT2D eigenvalue weighted by atomic mass is 10.0. The van der Waals surface area contributed by atoms with E-state index in [1.165, 1.54) is 33.2 Å². The monoisotopic (exact) mass is 320 g/mol. The average Bonchev–Trinajstić information content (AvgIpc) is 2.93. The summed E-state index contributed by atoms with van der Waals surface area (Å²) >= 11 is 0. The average molecular weight is 320 g/mol. The highest BCUT2D eigenvalue weighted by atomic mass is 14.7. The Labute approximate surface area is 146 Å². The summed E-state index contributed by atoms with van der Waals surface area (Å²) < 4.78 is 0. The van der Waals surface area contributed by atoms with Crippen molar-refractivity contribution in [3.05, 3.63) is 95.3 Å². The largest absolute Gasteiger partial charge is 0.265 e. The highest BCUT2D eigenvalue weighted by molar-refractivity contribution is 6.07. The van der Waals surface area contributed by atoms with Gasteiger partial charge in [-0.2, -0.15) is 0 Å². The van der Waals surface area contributed by atoms with Crippen LogP contribution in [0.3, 0.4) is 0 Å². The minimum Gasteiger partial charge on any atom is -0.265 e. The van der Waals surface area contributed by atoms with Gasteiger partial charge in [-0.1, -0.05) is 35.9 Å². The molecule has 2 aromatic heterocycles. The molecule has 0 amide bonds. The van der Waals surface area contributed by atoms with E-state index in [1.54, 1.807) is 0 Å². The van der Waals surface area contributed by atoms with E-state index in [4.69, 9.17) is 4.98 Å². The van der Waals surface area contributed by atoms with Crippen molar-refractivity contribution in [1.29, 1.82) is 0 Å². The normalized spacial score (nSPS) is 13.9. The summed E-state index contributed by atoms with van der Waals surface area (Å²) in [6, 6.07) is 21.3. The standard InChI is InChI=1S/C23H16N2/c1-15-6-7-18-19(13-16-8-10-24-11-9-16)21-14-17-4-2-3-5-22(17)25-23(21)20(18)12-15/h2-14H,1H3. The van der Waals surface area contributed by atoms with Crippen LogP contribution in [0.25, 0.3) is 33.8 Å². The molecule has 0 bridgehead atoms. The third kappa shape index (κ3) is 2.26. The lowest BCUT2D eigenvalue weighted by molar-refractivity contribution is 1.32. The number of aryl methyl sites for hydroxylation is 1. The van der Waals surface area contributed by atoms with E-state index >= 15 is 0 Å². The van der Waals surface area contributed by atoms with Crippen LogP contribution in [0.1, 0.15) is 22.3 Å². The molecular weight excluding hydrogens is 304 g/mol. The molecule has 0 atom stereocenters. The molecular formula is C23H16N2. The fourth-order valence-corrected chi connectivity index (χ4v) is 3.54. The molecule has 0 spiro atoms. The van der Waals surface area contributed by atoms with Gasteiger partial charge >= 0.3 is 0 Å². The Balaban J connectivity index is 1.84. The molecule has 2 nitrogen and oxygen atoms in total. The summed E-state index contributed by atoms with van der Waals surface area (Å²) in [5.74, 6) is 0. The number of para-hydroxylation sites is 1. The van der Waals surface area contributed by atoms with E-state index < -0.39 is 0 Å². The fourth-order valence-electron chi connectivity index (χ4n) is 3.54. The van der Waals surface area contributed by atoms with E-state index in [0.29, 0.717) is 0 Å². The van der Waals surface area contributed by atoms with Gasteiger partial charge in [-0.3, -0.25) is 4.98 Å². The number of fused-ring (bicyclic) bond motifs is 4. The number of rotatable bonds is 1. The molecule has 0 N–H and O–H groups in total. The molecule has 0 radical (unpaired) electrons. The van der Waals surface area contributed by atoms with Gasteiger partial charge in [-0.05, 0) is 60.0 Å². The van der Waals surface area contributed by atoms with Gasteiger partial charge in [0.1, 0.15) is 0 Å². The maximum absolute atomic E-state index is 4.98. The van der Waals surface area contributed by atoms with Gasteiger partial charge in [0.2, 0.25) is 0 Å². The Morgan fingerprint density at radius 2 is 1.64 bits per heavy atom. The third-order valence-corrected chi connectivity index (χ3v) is 4.75. The maximum atomic E-state index is 4.98. The van der Waals surface area contributed by atoms with E-state index in [0.717, 1.165) is 16.8 Å². The Kier molecular flexibility index (Phi) is 3.04. The van der Waals surface area contributed by atoms with Crippen LogP contribution in [0.5, 0.6) is 0 Å². The Morgan fingerprint density at radius 3 is 2.52 bits per heavy atom. The van der Waals surface area contributed by atoms with Gasteiger partial charge < -0.3 is 0 Å². The second kappa shape index (κ2) is 5.38. The van der Waals surface area contributed by atoms with Gasteiger partial charge in [0.15, 0.2) is 0 Å². The molecule has 118 valence electrons. The van der Waals surface area contributed by atoms with E-state index in [2.05, 4.69) is 60.4 Å². The minimum atomic E-state index is 1.04. The summed E-state index contributed by atoms with van der Waals surface area (Å²) in [6.45, 7) is 2.13. The van der Waals surface area contributed by atoms with Crippen LogP contribution in [0, 0.1) is 6.92 Å². The minimum absolute atomic E-state index is 1.04. The van der Waals surface area contributed by atoms with Crippen LogP contribution in [0.4, 0.5) is 0 Å². The molecule has 25 heavy (non-hydrogen) atoms. The second-order valence-electron chi connectivity index (χ2n) is 6.46. The number of hydrogen-bond donors (Lipinski definition) is 0. The first-order valence-electron chi connectivity index (χ1n) is 8.43. The molecule has 0 saturated heterocycles. The maximum Gasteiger partial charge on any atom is 0.0794 e. The van der Waals surface area contributed by atoms with Crippen LogP contribution >= 0.6 is 0 Å². The van der Waals surface area contributed by atoms with Crippen molar-refractivity contribution in [3.63, 3.8) is 0 Å². The SMILES string of the molecule is Cc1ccc2c(c1)-c1nc3ccccc3cc1C2=Cc1ccncc1. The van der Waals surface area contributed by atoms with Gasteiger partial charge in [-0.25, -0.2) is 4.98 Å². The quantitative estimate of drug-likeness (QED) is 0.407. The van der Waals surface area contributed by atoms with E-state index in [9.17, 15) is 0 Å². The summed E-state index contributed by atoms with van der Waals surface area (Å²) in [4.78, 5) is 9.10. The zero-order chi connectivity index (χ0) is 16.8. The number of pyridine rings is 2. The molecule has 2 aromatic carbocycles. The van der Waals surface area contributed by atoms with Crippen molar-refractivity contribution in [1.82, 2.24) is 9.97 Å². The van der Waals surface area contributed by atoms with E-state index in [1.807, 2.05) is 30.6 Å². The number of aromatic nitrogens is 2. The summed E-state index contributed by atoms with van der Waals surface area (Å²) in [6.07, 6.45) is 5.89. The molecule has 2 heteroatoms. The van der Waals surface area contributed by atoms with Gasteiger partial charge in [0.05, 0.1) is 11.2 Å². The van der Waals surface area contributed by atoms with Crippen molar-refractivity contribution in [2.45, 2.75) is 6.92 Å². The molecule has 2 heterocycles. The summed E-state index contributed by atoms with van der Waals surface area (Å²) in [5, 5.41) is 1.17. The molecule has 4 aromatic rings. The topological polar surface area (TPSA) is 25.8 Å². The fraction of sp³-hybridized carbons (Fsp3) is 0.0435. The Hall–Kier alpha value is -3.26. The smallest absolute Gasteiger partial charge is 0.0794 e. The van der Waals surface area contributed by atoms with Crippen molar-refractivity contribution in [2.24, 2.45) is 0 Å². The van der Waals surface area contributed by atoms with Crippen molar-refractivity contribution >= 4 is 22.6 Å². The van der Waals surface area contributed by atoms with Crippen molar-refractivity contribution in [3.8, 4) is 11.3 Å². The highest BCUT2D eigenvalue weighted by Gasteiger charge is 2.25. The van der Waals surface area contributed by atoms with Crippen LogP contribution in [0.2, 0.25) is 0 Å². The molecule has 0 aliphatic heterocycles. The molecule has 0 unspecified atom stereocenters. The zero-order valence-corrected chi connectivity index (χ0v) is 13.9. The molecule has 0 saturated carbocycles. The van der Waals surface area contributed by atoms with Crippen LogP contribution < -0.4 is 0 Å². The predicted molar refractivity (Wildman–Crippen MR) is 103 cm³/mol. The van der Waals surface area contributed by atoms with Crippen LogP contribution in [-0.4, -0.2) is 9.97 Å². The van der Waals surface area contributed by atoms with E-state index in [-0.39, 0.29) is 0 Å².